The molecule has 0 radical (unpaired) electrons. The topological polar surface area (TPSA) is 110 Å². The zero-order valence-corrected chi connectivity index (χ0v) is 23.0. The summed E-state index contributed by atoms with van der Waals surface area (Å²) < 4.78 is 7.22. The largest absolute Gasteiger partial charge is 0.496 e. The van der Waals surface area contributed by atoms with Crippen LogP contribution in [0.5, 0.6) is 5.75 Å². The summed E-state index contributed by atoms with van der Waals surface area (Å²) in [6.45, 7) is 10.1. The number of pyridine rings is 1. The predicted molar refractivity (Wildman–Crippen MR) is 147 cm³/mol. The van der Waals surface area contributed by atoms with Crippen molar-refractivity contribution in [1.82, 2.24) is 19.7 Å². The number of anilines is 1. The van der Waals surface area contributed by atoms with Gasteiger partial charge in [0.25, 0.3) is 0 Å². The molecule has 1 fully saturated rings. The van der Waals surface area contributed by atoms with Crippen LogP contribution in [0.25, 0.3) is 10.9 Å². The van der Waals surface area contributed by atoms with Gasteiger partial charge >= 0.3 is 0 Å². The molecule has 1 aliphatic heterocycles. The van der Waals surface area contributed by atoms with E-state index in [1.54, 1.807) is 17.9 Å². The minimum absolute atomic E-state index is 0.00593. The number of ketones is 1. The van der Waals surface area contributed by atoms with Crippen molar-refractivity contribution in [2.75, 3.05) is 32.1 Å². The van der Waals surface area contributed by atoms with Crippen LogP contribution >= 0.6 is 0 Å². The summed E-state index contributed by atoms with van der Waals surface area (Å²) in [5.41, 5.74) is 1.11. The fraction of sp³-hybridized carbons (Fsp3) is 0.517. The second kappa shape index (κ2) is 11.5. The summed E-state index contributed by atoms with van der Waals surface area (Å²) in [5.74, 6) is 1.82. The molecule has 1 aromatic carbocycles. The number of carbonyl (C=O) groups excluding carboxylic acids is 2. The molecule has 38 heavy (non-hydrogen) atoms. The highest BCUT2D eigenvalue weighted by atomic mass is 16.5. The van der Waals surface area contributed by atoms with Crippen LogP contribution in [-0.2, 0) is 17.8 Å². The van der Waals surface area contributed by atoms with Crippen molar-refractivity contribution in [3.05, 3.63) is 47.8 Å². The number of piperidine rings is 1. The van der Waals surface area contributed by atoms with Gasteiger partial charge in [-0.2, -0.15) is 5.10 Å². The summed E-state index contributed by atoms with van der Waals surface area (Å²) in [7, 11) is 1.57. The predicted octanol–water partition coefficient (Wildman–Crippen LogP) is 3.94. The molecule has 2 aromatic heterocycles. The Hall–Kier alpha value is -3.46. The lowest BCUT2D eigenvalue weighted by Crippen LogP contribution is -2.45. The number of rotatable bonds is 10. The van der Waals surface area contributed by atoms with Gasteiger partial charge in [0.15, 0.2) is 5.78 Å². The minimum atomic E-state index is -0.726. The maximum Gasteiger partial charge on any atom is 0.244 e. The Labute approximate surface area is 224 Å². The number of Topliss-reactive ketones (excluding diaryl/α,β-unsaturated/α-hetero) is 1. The Morgan fingerprint density at radius 2 is 1.95 bits per heavy atom. The number of hydrogen-bond acceptors (Lipinski definition) is 7. The van der Waals surface area contributed by atoms with Crippen molar-refractivity contribution in [3.63, 3.8) is 0 Å². The van der Waals surface area contributed by atoms with E-state index in [9.17, 15) is 14.7 Å². The fourth-order valence-corrected chi connectivity index (χ4v) is 4.89. The van der Waals surface area contributed by atoms with Crippen LogP contribution in [0.3, 0.4) is 0 Å². The number of hydrogen-bond donors (Lipinski definition) is 2. The molecule has 9 nitrogen and oxygen atoms in total. The van der Waals surface area contributed by atoms with E-state index in [1.165, 1.54) is 0 Å². The van der Waals surface area contributed by atoms with Gasteiger partial charge in [0, 0.05) is 49.3 Å². The summed E-state index contributed by atoms with van der Waals surface area (Å²) in [6.07, 6.45) is 3.55. The molecule has 4 rings (SSSR count). The van der Waals surface area contributed by atoms with Gasteiger partial charge in [0.2, 0.25) is 5.91 Å². The Morgan fingerprint density at radius 3 is 2.61 bits per heavy atom. The smallest absolute Gasteiger partial charge is 0.244 e. The number of benzene rings is 1. The van der Waals surface area contributed by atoms with E-state index in [-0.39, 0.29) is 30.6 Å². The highest BCUT2D eigenvalue weighted by Crippen LogP contribution is 2.29. The quantitative estimate of drug-likeness (QED) is 0.389. The van der Waals surface area contributed by atoms with E-state index in [1.807, 2.05) is 49.2 Å². The molecular weight excluding hydrogens is 482 g/mol. The highest BCUT2D eigenvalue weighted by Gasteiger charge is 2.32. The van der Waals surface area contributed by atoms with Gasteiger partial charge in [-0.25, -0.2) is 4.98 Å². The van der Waals surface area contributed by atoms with Crippen LogP contribution in [0.15, 0.2) is 36.5 Å². The number of carbonyl (C=O) groups is 2. The lowest BCUT2D eigenvalue weighted by atomic mass is 9.83. The van der Waals surface area contributed by atoms with Gasteiger partial charge in [-0.05, 0) is 56.7 Å². The number of amides is 1. The van der Waals surface area contributed by atoms with E-state index >= 15 is 0 Å². The molecular formula is C29H39N5O4. The zero-order valence-electron chi connectivity index (χ0n) is 23.0. The molecule has 1 aliphatic rings. The highest BCUT2D eigenvalue weighted by molar-refractivity contribution is 5.97. The van der Waals surface area contributed by atoms with E-state index in [0.29, 0.717) is 41.8 Å². The first-order valence-corrected chi connectivity index (χ1v) is 13.3. The number of fused-ring (bicyclic) bond motifs is 1. The molecule has 0 unspecified atom stereocenters. The number of ether oxygens (including phenoxy) is 1. The van der Waals surface area contributed by atoms with Crippen LogP contribution in [0.1, 0.15) is 56.6 Å². The molecule has 2 N–H and O–H groups in total. The van der Waals surface area contributed by atoms with Crippen LogP contribution in [0.4, 0.5) is 5.82 Å². The SMILES string of the molecule is COc1cc2nn(CC(=O)N3CCC(C(C)(C)O)CC3)cc2cc1CC(=O)c1cccc(NCC(C)C)n1. The van der Waals surface area contributed by atoms with Gasteiger partial charge in [-0.15, -0.1) is 0 Å². The Bertz CT molecular complexity index is 1290. The van der Waals surface area contributed by atoms with E-state index in [4.69, 9.17) is 4.74 Å². The van der Waals surface area contributed by atoms with Crippen LogP contribution < -0.4 is 10.1 Å². The number of methoxy groups -OCH3 is 1. The van der Waals surface area contributed by atoms with E-state index < -0.39 is 5.60 Å². The first-order chi connectivity index (χ1) is 18.0. The number of aromatic nitrogens is 3. The Balaban J connectivity index is 1.45. The van der Waals surface area contributed by atoms with E-state index in [0.717, 1.165) is 30.3 Å². The maximum atomic E-state index is 13.1. The van der Waals surface area contributed by atoms with Crippen molar-refractivity contribution in [2.45, 2.75) is 59.1 Å². The van der Waals surface area contributed by atoms with Gasteiger partial charge in [-0.1, -0.05) is 19.9 Å². The van der Waals surface area contributed by atoms with Gasteiger partial charge < -0.3 is 20.1 Å². The molecule has 3 aromatic rings. The molecule has 9 heteroatoms. The summed E-state index contributed by atoms with van der Waals surface area (Å²) in [4.78, 5) is 32.3. The summed E-state index contributed by atoms with van der Waals surface area (Å²) >= 11 is 0. The molecule has 204 valence electrons. The number of aliphatic hydroxyl groups is 1. The lowest BCUT2D eigenvalue weighted by Gasteiger charge is -2.37. The molecule has 1 saturated heterocycles. The zero-order chi connectivity index (χ0) is 27.4. The molecule has 0 atom stereocenters. The molecule has 0 saturated carbocycles. The van der Waals surface area contributed by atoms with Crippen LogP contribution in [0.2, 0.25) is 0 Å². The molecule has 1 amide bonds. The summed E-state index contributed by atoms with van der Waals surface area (Å²) in [6, 6.07) is 9.12. The first-order valence-electron chi connectivity index (χ1n) is 13.3. The monoisotopic (exact) mass is 521 g/mol. The second-order valence-corrected chi connectivity index (χ2v) is 11.1. The van der Waals surface area contributed by atoms with Crippen LogP contribution in [0, 0.1) is 11.8 Å². The van der Waals surface area contributed by atoms with Gasteiger partial charge in [0.05, 0.1) is 18.2 Å². The van der Waals surface area contributed by atoms with Crippen molar-refractivity contribution in [3.8, 4) is 5.75 Å². The van der Waals surface area contributed by atoms with Crippen LogP contribution in [-0.4, -0.2) is 68.8 Å². The van der Waals surface area contributed by atoms with Crippen molar-refractivity contribution >= 4 is 28.4 Å². The number of nitrogens with zero attached hydrogens (tertiary/aromatic N) is 4. The normalized spacial score (nSPS) is 14.8. The molecule has 0 bridgehead atoms. The van der Waals surface area contributed by atoms with Gasteiger partial charge in [-0.3, -0.25) is 14.3 Å². The third-order valence-corrected chi connectivity index (χ3v) is 7.18. The van der Waals surface area contributed by atoms with Gasteiger partial charge in [0.1, 0.15) is 23.8 Å². The van der Waals surface area contributed by atoms with Crippen molar-refractivity contribution in [1.29, 1.82) is 0 Å². The van der Waals surface area contributed by atoms with E-state index in [2.05, 4.69) is 29.2 Å². The number of nitrogens with one attached hydrogen (secondary N) is 1. The molecule has 0 aliphatic carbocycles. The lowest BCUT2D eigenvalue weighted by molar-refractivity contribution is -0.134. The first kappa shape index (κ1) is 27.6. The minimum Gasteiger partial charge on any atom is -0.496 e. The van der Waals surface area contributed by atoms with Crippen molar-refractivity contribution in [2.24, 2.45) is 11.8 Å². The average Bonchev–Trinajstić information content (AvgIpc) is 3.27. The standard InChI is InChI=1S/C29H39N5O4/c1-19(2)16-30-27-8-6-7-23(31-27)25(35)14-20-13-21-17-34(32-24(21)15-26(20)38-5)18-28(36)33-11-9-22(10-12-33)29(3,4)37/h6-8,13,15,17,19,22,37H,9-12,14,16,18H2,1-5H3,(H,30,31). The fourth-order valence-electron chi connectivity index (χ4n) is 4.89. The average molecular weight is 522 g/mol. The second-order valence-electron chi connectivity index (χ2n) is 11.1. The Morgan fingerprint density at radius 1 is 1.21 bits per heavy atom. The molecule has 3 heterocycles. The third-order valence-electron chi connectivity index (χ3n) is 7.18. The number of likely N-dealkylation sites (tertiary alicyclic amines) is 1. The van der Waals surface area contributed by atoms with Crippen molar-refractivity contribution < 1.29 is 19.4 Å². The Kier molecular flexibility index (Phi) is 8.35. The third kappa shape index (κ3) is 6.69. The maximum absolute atomic E-state index is 13.1. The molecule has 0 spiro atoms. The summed E-state index contributed by atoms with van der Waals surface area (Å²) in [5, 5.41) is 18.9.